The van der Waals surface area contributed by atoms with Crippen molar-refractivity contribution in [3.8, 4) is 5.75 Å². The summed E-state index contributed by atoms with van der Waals surface area (Å²) in [6, 6.07) is 4.97. The zero-order chi connectivity index (χ0) is 15.0. The minimum Gasteiger partial charge on any atom is -0.490 e. The topological polar surface area (TPSA) is 50.4 Å². The molecule has 20 heavy (non-hydrogen) atoms. The number of hydrogen-bond acceptors (Lipinski definition) is 3. The Labute approximate surface area is 119 Å². The van der Waals surface area contributed by atoms with Gasteiger partial charge < -0.3 is 15.4 Å². The summed E-state index contributed by atoms with van der Waals surface area (Å²) in [6.07, 6.45) is 0.219. The van der Waals surface area contributed by atoms with Crippen molar-refractivity contribution in [2.45, 2.75) is 39.8 Å². The second kappa shape index (κ2) is 8.53. The van der Waals surface area contributed by atoms with Gasteiger partial charge in [0.2, 0.25) is 5.91 Å². The minimum atomic E-state index is -0.398. The summed E-state index contributed by atoms with van der Waals surface area (Å²) < 4.78 is 19.1. The Bertz CT molecular complexity index is 436. The summed E-state index contributed by atoms with van der Waals surface area (Å²) in [4.78, 5) is 11.4. The molecule has 2 N–H and O–H groups in total. The van der Waals surface area contributed by atoms with Gasteiger partial charge in [-0.25, -0.2) is 4.39 Å². The van der Waals surface area contributed by atoms with Crippen molar-refractivity contribution in [2.24, 2.45) is 0 Å². The van der Waals surface area contributed by atoms with E-state index < -0.39 is 5.82 Å². The summed E-state index contributed by atoms with van der Waals surface area (Å²) in [5, 5.41) is 5.88. The van der Waals surface area contributed by atoms with Crippen LogP contribution in [-0.2, 0) is 11.3 Å². The second-order valence-corrected chi connectivity index (χ2v) is 4.87. The number of amides is 1. The molecule has 112 valence electrons. The maximum absolute atomic E-state index is 13.8. The Morgan fingerprint density at radius 1 is 1.40 bits per heavy atom. The number of rotatable bonds is 8. The van der Waals surface area contributed by atoms with Crippen molar-refractivity contribution in [3.05, 3.63) is 29.6 Å². The van der Waals surface area contributed by atoms with Crippen LogP contribution in [0.4, 0.5) is 4.39 Å². The third kappa shape index (κ3) is 6.02. The van der Waals surface area contributed by atoms with Crippen LogP contribution in [0.15, 0.2) is 18.2 Å². The lowest BCUT2D eigenvalue weighted by atomic mass is 10.2. The molecule has 0 aliphatic carbocycles. The van der Waals surface area contributed by atoms with E-state index in [-0.39, 0.29) is 30.7 Å². The Kier molecular flexibility index (Phi) is 7.01. The molecule has 0 unspecified atom stereocenters. The molecule has 4 nitrogen and oxygen atoms in total. The quantitative estimate of drug-likeness (QED) is 0.769. The Morgan fingerprint density at radius 2 is 2.15 bits per heavy atom. The van der Waals surface area contributed by atoms with Gasteiger partial charge >= 0.3 is 0 Å². The first-order chi connectivity index (χ1) is 9.52. The van der Waals surface area contributed by atoms with Crippen LogP contribution in [0.5, 0.6) is 5.75 Å². The van der Waals surface area contributed by atoms with E-state index in [0.29, 0.717) is 6.54 Å². The molecule has 0 fully saturated rings. The van der Waals surface area contributed by atoms with Gasteiger partial charge in [-0.15, -0.1) is 0 Å². The highest BCUT2D eigenvalue weighted by Crippen LogP contribution is 2.18. The van der Waals surface area contributed by atoms with Crippen LogP contribution in [0.2, 0.25) is 0 Å². The lowest BCUT2D eigenvalue weighted by Crippen LogP contribution is -2.31. The lowest BCUT2D eigenvalue weighted by molar-refractivity contribution is -0.122. The van der Waals surface area contributed by atoms with Crippen molar-refractivity contribution in [3.63, 3.8) is 0 Å². The van der Waals surface area contributed by atoms with Gasteiger partial charge in [0.1, 0.15) is 0 Å². The summed E-state index contributed by atoms with van der Waals surface area (Å²) in [7, 11) is 0. The number of carbonyl (C=O) groups is 1. The van der Waals surface area contributed by atoms with Crippen molar-refractivity contribution < 1.29 is 13.9 Å². The van der Waals surface area contributed by atoms with Gasteiger partial charge in [-0.1, -0.05) is 13.0 Å². The summed E-state index contributed by atoms with van der Waals surface area (Å²) >= 11 is 0. The molecule has 0 saturated carbocycles. The molecule has 1 amide bonds. The number of nitrogens with one attached hydrogen (secondary N) is 2. The summed E-state index contributed by atoms with van der Waals surface area (Å²) in [6.45, 7) is 7.41. The molecule has 0 bridgehead atoms. The highest BCUT2D eigenvalue weighted by atomic mass is 19.1. The van der Waals surface area contributed by atoms with E-state index >= 15 is 0 Å². The monoisotopic (exact) mass is 282 g/mol. The largest absolute Gasteiger partial charge is 0.490 e. The normalized spacial score (nSPS) is 10.7. The van der Waals surface area contributed by atoms with Crippen molar-refractivity contribution in [1.82, 2.24) is 10.6 Å². The molecule has 0 aliphatic heterocycles. The number of hydrogen-bond donors (Lipinski definition) is 2. The highest BCUT2D eigenvalue weighted by Gasteiger charge is 2.07. The number of halogens is 1. The predicted molar refractivity (Wildman–Crippen MR) is 77.2 cm³/mol. The van der Waals surface area contributed by atoms with Gasteiger partial charge in [0.25, 0.3) is 0 Å². The third-order valence-electron chi connectivity index (χ3n) is 2.61. The SMILES string of the molecule is CCNCc1ccc(OCCC(=O)NC(C)C)c(F)c1. The zero-order valence-electron chi connectivity index (χ0n) is 12.3. The molecule has 1 rings (SSSR count). The van der Waals surface area contributed by atoms with E-state index in [4.69, 9.17) is 4.74 Å². The average Bonchev–Trinajstić information content (AvgIpc) is 2.37. The molecule has 0 spiro atoms. The first-order valence-corrected chi connectivity index (χ1v) is 6.94. The van der Waals surface area contributed by atoms with Crippen molar-refractivity contribution in [2.75, 3.05) is 13.2 Å². The molecular formula is C15H23FN2O2. The van der Waals surface area contributed by atoms with E-state index in [1.54, 1.807) is 6.07 Å². The van der Waals surface area contributed by atoms with Gasteiger partial charge in [-0.2, -0.15) is 0 Å². The molecule has 0 heterocycles. The number of carbonyl (C=O) groups excluding carboxylic acids is 1. The van der Waals surface area contributed by atoms with Crippen LogP contribution in [-0.4, -0.2) is 25.1 Å². The molecule has 0 saturated heterocycles. The first-order valence-electron chi connectivity index (χ1n) is 6.94. The van der Waals surface area contributed by atoms with E-state index in [1.165, 1.54) is 6.07 Å². The van der Waals surface area contributed by atoms with Gasteiger partial charge in [0.15, 0.2) is 11.6 Å². The fraction of sp³-hybridized carbons (Fsp3) is 0.533. The minimum absolute atomic E-state index is 0.0934. The zero-order valence-corrected chi connectivity index (χ0v) is 12.3. The third-order valence-corrected chi connectivity index (χ3v) is 2.61. The number of ether oxygens (including phenoxy) is 1. The van der Waals surface area contributed by atoms with Crippen LogP contribution in [0.1, 0.15) is 32.8 Å². The molecular weight excluding hydrogens is 259 g/mol. The molecule has 5 heteroatoms. The van der Waals surface area contributed by atoms with Crippen LogP contribution >= 0.6 is 0 Å². The van der Waals surface area contributed by atoms with E-state index in [9.17, 15) is 9.18 Å². The fourth-order valence-corrected chi connectivity index (χ4v) is 1.69. The molecule has 0 radical (unpaired) electrons. The molecule has 0 aliphatic rings. The van der Waals surface area contributed by atoms with Gasteiger partial charge in [-0.05, 0) is 38.1 Å². The molecule has 0 atom stereocenters. The highest BCUT2D eigenvalue weighted by molar-refractivity contribution is 5.76. The smallest absolute Gasteiger partial charge is 0.223 e. The molecule has 1 aromatic carbocycles. The Hall–Kier alpha value is -1.62. The molecule has 0 aromatic heterocycles. The second-order valence-electron chi connectivity index (χ2n) is 4.87. The van der Waals surface area contributed by atoms with E-state index in [2.05, 4.69) is 10.6 Å². The maximum atomic E-state index is 13.8. The van der Waals surface area contributed by atoms with Gasteiger partial charge in [0, 0.05) is 12.6 Å². The van der Waals surface area contributed by atoms with Crippen LogP contribution in [0.3, 0.4) is 0 Å². The molecule has 1 aromatic rings. The number of benzene rings is 1. The van der Waals surface area contributed by atoms with Crippen molar-refractivity contribution in [1.29, 1.82) is 0 Å². The van der Waals surface area contributed by atoms with Gasteiger partial charge in [-0.3, -0.25) is 4.79 Å². The van der Waals surface area contributed by atoms with Crippen LogP contribution in [0, 0.1) is 5.82 Å². The predicted octanol–water partition coefficient (Wildman–Crippen LogP) is 2.23. The Morgan fingerprint density at radius 3 is 2.75 bits per heavy atom. The van der Waals surface area contributed by atoms with Crippen LogP contribution < -0.4 is 15.4 Å². The van der Waals surface area contributed by atoms with E-state index in [1.807, 2.05) is 26.8 Å². The summed E-state index contributed by atoms with van der Waals surface area (Å²) in [5.41, 5.74) is 0.870. The fourth-order valence-electron chi connectivity index (χ4n) is 1.69. The average molecular weight is 282 g/mol. The standard InChI is InChI=1S/C15H23FN2O2/c1-4-17-10-12-5-6-14(13(16)9-12)20-8-7-15(19)18-11(2)3/h5-6,9,11,17H,4,7-8,10H2,1-3H3,(H,18,19). The van der Waals surface area contributed by atoms with Crippen LogP contribution in [0.25, 0.3) is 0 Å². The summed E-state index contributed by atoms with van der Waals surface area (Å²) in [5.74, 6) is -0.309. The van der Waals surface area contributed by atoms with Gasteiger partial charge in [0.05, 0.1) is 13.0 Å². The first kappa shape index (κ1) is 16.4. The Balaban J connectivity index is 2.42. The van der Waals surface area contributed by atoms with Crippen molar-refractivity contribution >= 4 is 5.91 Å². The lowest BCUT2D eigenvalue weighted by Gasteiger charge is -2.10. The maximum Gasteiger partial charge on any atom is 0.223 e. The van der Waals surface area contributed by atoms with E-state index in [0.717, 1.165) is 12.1 Å².